The normalized spacial score (nSPS) is 14.2. The molecule has 0 aliphatic heterocycles. The topological polar surface area (TPSA) is 34.1 Å². The molecular weight excluding hydrogens is 439 g/mol. The molecule has 0 saturated carbocycles. The molecular formula is C19H33BrClO2PS. The van der Waals surface area contributed by atoms with E-state index in [4.69, 9.17) is 10.7 Å². The van der Waals surface area contributed by atoms with Gasteiger partial charge in [0.1, 0.15) is 0 Å². The van der Waals surface area contributed by atoms with Crippen molar-refractivity contribution in [3.05, 3.63) is 29.8 Å². The van der Waals surface area contributed by atoms with Crippen molar-refractivity contribution in [2.24, 2.45) is 0 Å². The average molecular weight is 472 g/mol. The van der Waals surface area contributed by atoms with Gasteiger partial charge in [-0.05, 0) is 0 Å². The van der Waals surface area contributed by atoms with Gasteiger partial charge in [-0.3, -0.25) is 0 Å². The molecule has 6 heteroatoms. The van der Waals surface area contributed by atoms with E-state index in [0.29, 0.717) is 0 Å². The maximum atomic E-state index is 11.5. The molecule has 2 nitrogen and oxygen atoms in total. The summed E-state index contributed by atoms with van der Waals surface area (Å²) < 4.78 is 23.0. The van der Waals surface area contributed by atoms with E-state index in [-0.39, 0.29) is 4.90 Å². The summed E-state index contributed by atoms with van der Waals surface area (Å²) in [5.41, 5.74) is 1.22. The summed E-state index contributed by atoms with van der Waals surface area (Å²) >= 11 is 4.38. The van der Waals surface area contributed by atoms with Gasteiger partial charge in [0.25, 0.3) is 0 Å². The Morgan fingerprint density at radius 1 is 0.880 bits per heavy atom. The third-order valence-electron chi connectivity index (χ3n) is 4.99. The van der Waals surface area contributed by atoms with Crippen molar-refractivity contribution < 1.29 is 8.42 Å². The zero-order chi connectivity index (χ0) is 19.0. The first kappa shape index (κ1) is 23.4. The summed E-state index contributed by atoms with van der Waals surface area (Å²) in [6, 6.07) is 7.18. The maximum absolute atomic E-state index is 11.5. The molecule has 25 heavy (non-hydrogen) atoms. The predicted molar refractivity (Wildman–Crippen MR) is 118 cm³/mol. The second kappa shape index (κ2) is 10.1. The second-order valence-electron chi connectivity index (χ2n) is 7.29. The number of hydrogen-bond donors (Lipinski definition) is 0. The molecule has 1 aromatic carbocycles. The molecule has 1 rings (SSSR count). The van der Waals surface area contributed by atoms with Crippen LogP contribution < -0.4 is 0 Å². The Hall–Kier alpha value is 0.370. The predicted octanol–water partition coefficient (Wildman–Crippen LogP) is 7.38. The SMILES string of the molecule is CCCCP(Br)(CCCC)(CCCC)Cc1ccc(S(=O)(=O)Cl)cc1. The second-order valence-corrected chi connectivity index (χ2v) is 21.2. The van der Waals surface area contributed by atoms with Gasteiger partial charge >= 0.3 is 168 Å². The van der Waals surface area contributed by atoms with Gasteiger partial charge in [0, 0.05) is 0 Å². The van der Waals surface area contributed by atoms with Crippen molar-refractivity contribution in [2.45, 2.75) is 70.4 Å². The van der Waals surface area contributed by atoms with E-state index in [1.807, 2.05) is 12.1 Å². The van der Waals surface area contributed by atoms with Crippen LogP contribution in [0.25, 0.3) is 0 Å². The Morgan fingerprint density at radius 2 is 1.28 bits per heavy atom. The van der Waals surface area contributed by atoms with Crippen molar-refractivity contribution in [3.8, 4) is 0 Å². The van der Waals surface area contributed by atoms with Crippen molar-refractivity contribution in [1.29, 1.82) is 0 Å². The van der Waals surface area contributed by atoms with Gasteiger partial charge in [0.15, 0.2) is 0 Å². The Labute approximate surface area is 167 Å². The first-order valence-corrected chi connectivity index (χ1v) is 16.7. The average Bonchev–Trinajstić information content (AvgIpc) is 2.57. The first-order chi connectivity index (χ1) is 11.7. The summed E-state index contributed by atoms with van der Waals surface area (Å²) in [5.74, 6) is 0. The van der Waals surface area contributed by atoms with Crippen LogP contribution >= 0.6 is 31.5 Å². The molecule has 0 aliphatic carbocycles. The van der Waals surface area contributed by atoms with Crippen molar-refractivity contribution >= 4 is 40.5 Å². The summed E-state index contributed by atoms with van der Waals surface area (Å²) in [4.78, 5) is 0.184. The van der Waals surface area contributed by atoms with Crippen LogP contribution in [0.5, 0.6) is 0 Å². The van der Waals surface area contributed by atoms with Crippen LogP contribution in [0.4, 0.5) is 0 Å². The Kier molecular flexibility index (Phi) is 9.42. The molecule has 0 unspecified atom stereocenters. The van der Waals surface area contributed by atoms with E-state index in [2.05, 4.69) is 36.3 Å². The minimum atomic E-state index is -3.65. The summed E-state index contributed by atoms with van der Waals surface area (Å²) in [7, 11) is 1.80. The van der Waals surface area contributed by atoms with Gasteiger partial charge in [-0.15, -0.1) is 0 Å². The zero-order valence-corrected chi connectivity index (χ0v) is 19.9. The van der Waals surface area contributed by atoms with Gasteiger partial charge in [-0.2, -0.15) is 0 Å². The van der Waals surface area contributed by atoms with E-state index >= 15 is 0 Å². The molecule has 0 fully saturated rings. The summed E-state index contributed by atoms with van der Waals surface area (Å²) in [6.07, 6.45) is 12.3. The van der Waals surface area contributed by atoms with Gasteiger partial charge in [-0.1, -0.05) is 0 Å². The van der Waals surface area contributed by atoms with Gasteiger partial charge in [0.2, 0.25) is 0 Å². The fourth-order valence-electron chi connectivity index (χ4n) is 3.45. The van der Waals surface area contributed by atoms with Crippen LogP contribution in [-0.4, -0.2) is 26.9 Å². The Bertz CT molecular complexity index is 607. The van der Waals surface area contributed by atoms with Crippen LogP contribution in [0.1, 0.15) is 64.9 Å². The van der Waals surface area contributed by atoms with Crippen molar-refractivity contribution in [1.82, 2.24) is 0 Å². The third kappa shape index (κ3) is 7.48. The van der Waals surface area contributed by atoms with Gasteiger partial charge in [0.05, 0.1) is 0 Å². The Balaban J connectivity index is 3.16. The molecule has 0 spiro atoms. The zero-order valence-electron chi connectivity index (χ0n) is 15.8. The Morgan fingerprint density at radius 3 is 1.60 bits per heavy atom. The molecule has 0 saturated heterocycles. The third-order valence-corrected chi connectivity index (χ3v) is 15.8. The summed E-state index contributed by atoms with van der Waals surface area (Å²) in [6.45, 7) is 6.77. The number of halogens is 2. The van der Waals surface area contributed by atoms with Crippen LogP contribution in [0.2, 0.25) is 0 Å². The molecule has 0 bridgehead atoms. The van der Waals surface area contributed by atoms with Crippen LogP contribution in [0.15, 0.2) is 29.2 Å². The number of rotatable bonds is 12. The van der Waals surface area contributed by atoms with Gasteiger partial charge < -0.3 is 0 Å². The number of hydrogen-bond acceptors (Lipinski definition) is 2. The van der Waals surface area contributed by atoms with Crippen molar-refractivity contribution in [3.63, 3.8) is 0 Å². The molecule has 0 radical (unpaired) electrons. The molecule has 1 aromatic rings. The number of benzene rings is 1. The molecule has 0 atom stereocenters. The van der Waals surface area contributed by atoms with E-state index in [1.165, 1.54) is 62.6 Å². The van der Waals surface area contributed by atoms with E-state index in [0.717, 1.165) is 6.16 Å². The van der Waals surface area contributed by atoms with Crippen LogP contribution in [0, 0.1) is 0 Å². The molecule has 0 amide bonds. The van der Waals surface area contributed by atoms with Gasteiger partial charge in [-0.25, -0.2) is 0 Å². The monoisotopic (exact) mass is 470 g/mol. The molecule has 0 aromatic heterocycles. The van der Waals surface area contributed by atoms with Crippen LogP contribution in [-0.2, 0) is 15.2 Å². The van der Waals surface area contributed by atoms with E-state index < -0.39 is 14.4 Å². The fourth-order valence-corrected chi connectivity index (χ4v) is 12.9. The van der Waals surface area contributed by atoms with Crippen molar-refractivity contribution in [2.75, 3.05) is 18.5 Å². The molecule has 146 valence electrons. The summed E-state index contributed by atoms with van der Waals surface area (Å²) in [5, 5.41) is -2.02. The molecule has 0 heterocycles. The van der Waals surface area contributed by atoms with Crippen LogP contribution in [0.3, 0.4) is 0 Å². The van der Waals surface area contributed by atoms with E-state index in [1.54, 1.807) is 12.1 Å². The first-order valence-electron chi connectivity index (χ1n) is 9.42. The number of unbranched alkanes of at least 4 members (excludes halogenated alkanes) is 3. The minimum absolute atomic E-state index is 0.184. The standard InChI is InChI=1S/C19H33BrClO2PS/c1-4-7-14-24(20,15-8-5-2,16-9-6-3)17-18-10-12-19(13-11-18)25(21,22)23/h10-13H,4-9,14-17H2,1-3H3. The fraction of sp³-hybridized carbons (Fsp3) is 0.684. The molecule has 0 aliphatic rings. The molecule has 0 N–H and O–H groups in total. The van der Waals surface area contributed by atoms with E-state index in [9.17, 15) is 8.42 Å². The quantitative estimate of drug-likeness (QED) is 0.235.